The number of fused-ring (bicyclic) bond motifs is 1. The second-order valence-corrected chi connectivity index (χ2v) is 10.8. The Kier molecular flexibility index (Phi) is 7.42. The van der Waals surface area contributed by atoms with Gasteiger partial charge in [0.1, 0.15) is 5.82 Å². The van der Waals surface area contributed by atoms with Crippen molar-refractivity contribution in [2.75, 3.05) is 33.9 Å². The van der Waals surface area contributed by atoms with Crippen LogP contribution < -0.4 is 9.47 Å². The molecule has 0 aromatic heterocycles. The van der Waals surface area contributed by atoms with Crippen LogP contribution in [0.15, 0.2) is 46.3 Å². The third kappa shape index (κ3) is 5.33. The number of piperidine rings is 1. The Labute approximate surface area is 204 Å². The molecule has 0 radical (unpaired) electrons. The third-order valence-corrected chi connectivity index (χ3v) is 8.68. The van der Waals surface area contributed by atoms with Crippen molar-refractivity contribution in [3.8, 4) is 11.5 Å². The summed E-state index contributed by atoms with van der Waals surface area (Å²) in [6.07, 6.45) is 1.56. The number of methoxy groups -OCH3 is 2. The molecular weight excluding hydrogens is 475 g/mol. The summed E-state index contributed by atoms with van der Waals surface area (Å²) >= 11 is 0. The summed E-state index contributed by atoms with van der Waals surface area (Å²) in [6, 6.07) is 8.57. The number of sulfonamides is 1. The maximum absolute atomic E-state index is 13.3. The SMILES string of the molecule is COc1cc2c(cc1OC)C(C[C@H]1CN(S(=O)(=O)c3ccc(F)cc3)CC[C@H]1CC(=O)O)=NCC2. The number of aliphatic imine (C=N–C) groups is 1. The molecule has 188 valence electrons. The number of rotatable bonds is 8. The molecule has 0 amide bonds. The topological polar surface area (TPSA) is 106 Å². The zero-order valence-corrected chi connectivity index (χ0v) is 20.6. The zero-order chi connectivity index (χ0) is 25.2. The lowest BCUT2D eigenvalue weighted by molar-refractivity contribution is -0.138. The number of nitrogens with zero attached hydrogens (tertiary/aromatic N) is 2. The van der Waals surface area contributed by atoms with Gasteiger partial charge in [0, 0.05) is 37.3 Å². The van der Waals surface area contributed by atoms with Gasteiger partial charge in [0.15, 0.2) is 11.5 Å². The molecule has 4 rings (SSSR count). The molecule has 0 saturated carbocycles. The van der Waals surface area contributed by atoms with Crippen molar-refractivity contribution in [1.29, 1.82) is 0 Å². The molecule has 2 aliphatic heterocycles. The lowest BCUT2D eigenvalue weighted by atomic mass is 9.79. The highest BCUT2D eigenvalue weighted by Gasteiger charge is 2.37. The summed E-state index contributed by atoms with van der Waals surface area (Å²) in [5.41, 5.74) is 2.80. The van der Waals surface area contributed by atoms with Gasteiger partial charge in [-0.3, -0.25) is 9.79 Å². The van der Waals surface area contributed by atoms with Crippen LogP contribution in [0, 0.1) is 17.7 Å². The lowest BCUT2D eigenvalue weighted by Crippen LogP contribution is -2.45. The van der Waals surface area contributed by atoms with Gasteiger partial charge in [-0.05, 0) is 73.1 Å². The lowest BCUT2D eigenvalue weighted by Gasteiger charge is -2.38. The second-order valence-electron chi connectivity index (χ2n) is 8.87. The Morgan fingerprint density at radius 2 is 1.83 bits per heavy atom. The van der Waals surface area contributed by atoms with Crippen LogP contribution in [0.1, 0.15) is 30.4 Å². The molecule has 2 aliphatic rings. The van der Waals surface area contributed by atoms with Crippen LogP contribution in [0.2, 0.25) is 0 Å². The Morgan fingerprint density at radius 3 is 2.49 bits per heavy atom. The van der Waals surface area contributed by atoms with Gasteiger partial charge >= 0.3 is 5.97 Å². The Balaban J connectivity index is 1.62. The molecule has 2 aromatic rings. The Hall–Kier alpha value is -2.98. The molecule has 0 unspecified atom stereocenters. The number of carbonyl (C=O) groups is 1. The summed E-state index contributed by atoms with van der Waals surface area (Å²) in [5.74, 6) is -0.652. The third-order valence-electron chi connectivity index (χ3n) is 6.80. The average Bonchev–Trinajstić information content (AvgIpc) is 2.84. The largest absolute Gasteiger partial charge is 0.493 e. The molecule has 0 bridgehead atoms. The zero-order valence-electron chi connectivity index (χ0n) is 19.7. The fraction of sp³-hybridized carbons (Fsp3) is 0.440. The van der Waals surface area contributed by atoms with Crippen molar-refractivity contribution in [2.45, 2.75) is 30.6 Å². The highest BCUT2D eigenvalue weighted by molar-refractivity contribution is 7.89. The van der Waals surface area contributed by atoms with Crippen LogP contribution in [0.3, 0.4) is 0 Å². The van der Waals surface area contributed by atoms with Crippen molar-refractivity contribution in [2.24, 2.45) is 16.8 Å². The van der Waals surface area contributed by atoms with Crippen LogP contribution in [0.25, 0.3) is 0 Å². The number of hydrogen-bond acceptors (Lipinski definition) is 6. The first kappa shape index (κ1) is 25.1. The van der Waals surface area contributed by atoms with E-state index in [9.17, 15) is 22.7 Å². The normalized spacial score (nSPS) is 20.6. The summed E-state index contributed by atoms with van der Waals surface area (Å²) in [7, 11) is -0.700. The summed E-state index contributed by atoms with van der Waals surface area (Å²) in [6.45, 7) is 0.966. The van der Waals surface area contributed by atoms with E-state index in [4.69, 9.17) is 14.5 Å². The van der Waals surface area contributed by atoms with Crippen LogP contribution >= 0.6 is 0 Å². The van der Waals surface area contributed by atoms with Gasteiger partial charge in [-0.1, -0.05) is 0 Å². The molecule has 2 heterocycles. The number of hydrogen-bond donors (Lipinski definition) is 1. The van der Waals surface area contributed by atoms with Gasteiger partial charge in [0.25, 0.3) is 0 Å². The Bertz CT molecular complexity index is 1230. The molecule has 2 aromatic carbocycles. The molecule has 10 heteroatoms. The minimum Gasteiger partial charge on any atom is -0.493 e. The van der Waals surface area contributed by atoms with Gasteiger partial charge in [0.2, 0.25) is 10.0 Å². The number of ether oxygens (including phenoxy) is 2. The monoisotopic (exact) mass is 504 g/mol. The molecule has 1 saturated heterocycles. The van der Waals surface area contributed by atoms with E-state index in [0.717, 1.165) is 35.4 Å². The first-order valence-corrected chi connectivity index (χ1v) is 12.9. The standard InChI is InChI=1S/C25H29FN2O6S/c1-33-23-12-17-7-9-27-22(21(17)14-24(23)34-2)11-18-15-28(10-8-16(18)13-25(29)30)35(31,32)20-5-3-19(26)4-6-20/h3-6,12,14,16,18H,7-11,13,15H2,1-2H3,(H,29,30)/t16-,18-/m0/s1. The van der Waals surface area contributed by atoms with Crippen molar-refractivity contribution in [1.82, 2.24) is 4.31 Å². The highest BCUT2D eigenvalue weighted by Crippen LogP contribution is 2.37. The van der Waals surface area contributed by atoms with Crippen molar-refractivity contribution < 1.29 is 32.2 Å². The smallest absolute Gasteiger partial charge is 0.303 e. The molecule has 35 heavy (non-hydrogen) atoms. The van der Waals surface area contributed by atoms with Crippen molar-refractivity contribution in [3.63, 3.8) is 0 Å². The van der Waals surface area contributed by atoms with E-state index in [2.05, 4.69) is 0 Å². The quantitative estimate of drug-likeness (QED) is 0.591. The second kappa shape index (κ2) is 10.3. The van der Waals surface area contributed by atoms with E-state index < -0.39 is 21.8 Å². The van der Waals surface area contributed by atoms with Gasteiger partial charge in [-0.15, -0.1) is 0 Å². The van der Waals surface area contributed by atoms with E-state index in [1.807, 2.05) is 12.1 Å². The molecule has 8 nitrogen and oxygen atoms in total. The van der Waals surface area contributed by atoms with E-state index in [0.29, 0.717) is 30.9 Å². The molecular formula is C25H29FN2O6S. The van der Waals surface area contributed by atoms with Crippen LogP contribution in [0.5, 0.6) is 11.5 Å². The maximum Gasteiger partial charge on any atom is 0.303 e. The highest BCUT2D eigenvalue weighted by atomic mass is 32.2. The predicted octanol–water partition coefficient (Wildman–Crippen LogP) is 3.38. The fourth-order valence-electron chi connectivity index (χ4n) is 4.96. The predicted molar refractivity (Wildman–Crippen MR) is 128 cm³/mol. The first-order valence-electron chi connectivity index (χ1n) is 11.5. The summed E-state index contributed by atoms with van der Waals surface area (Å²) in [5, 5.41) is 9.47. The first-order chi connectivity index (χ1) is 16.7. The maximum atomic E-state index is 13.3. The van der Waals surface area contributed by atoms with Crippen LogP contribution in [0.4, 0.5) is 4.39 Å². The van der Waals surface area contributed by atoms with Crippen molar-refractivity contribution >= 4 is 21.7 Å². The number of halogens is 1. The van der Waals surface area contributed by atoms with E-state index in [1.54, 1.807) is 14.2 Å². The number of aliphatic carboxylic acids is 1. The van der Waals surface area contributed by atoms with E-state index in [1.165, 1.54) is 16.4 Å². The molecule has 0 aliphatic carbocycles. The number of benzene rings is 2. The van der Waals surface area contributed by atoms with Crippen molar-refractivity contribution in [3.05, 3.63) is 53.3 Å². The summed E-state index contributed by atoms with van der Waals surface area (Å²) in [4.78, 5) is 16.3. The fourth-order valence-corrected chi connectivity index (χ4v) is 6.47. The number of carboxylic acid groups (broad SMARTS) is 1. The van der Waals surface area contributed by atoms with Gasteiger partial charge < -0.3 is 14.6 Å². The van der Waals surface area contributed by atoms with Crippen LogP contribution in [-0.4, -0.2) is 63.4 Å². The Morgan fingerprint density at radius 1 is 1.14 bits per heavy atom. The van der Waals surface area contributed by atoms with Crippen LogP contribution in [-0.2, 0) is 21.2 Å². The van der Waals surface area contributed by atoms with Gasteiger partial charge in [-0.2, -0.15) is 4.31 Å². The van der Waals surface area contributed by atoms with Gasteiger partial charge in [0.05, 0.1) is 19.1 Å². The van der Waals surface area contributed by atoms with E-state index >= 15 is 0 Å². The number of carboxylic acids is 1. The minimum absolute atomic E-state index is 0.0199. The average molecular weight is 505 g/mol. The molecule has 0 spiro atoms. The van der Waals surface area contributed by atoms with E-state index in [-0.39, 0.29) is 36.2 Å². The molecule has 1 N–H and O–H groups in total. The summed E-state index contributed by atoms with van der Waals surface area (Å²) < 4.78 is 52.1. The van der Waals surface area contributed by atoms with Gasteiger partial charge in [-0.25, -0.2) is 12.8 Å². The molecule has 2 atom stereocenters. The minimum atomic E-state index is -3.84. The molecule has 1 fully saturated rings.